The highest BCUT2D eigenvalue weighted by Crippen LogP contribution is 2.08. The number of nitriles is 1. The Morgan fingerprint density at radius 3 is 2.50 bits per heavy atom. The van der Waals surface area contributed by atoms with Gasteiger partial charge in [0.1, 0.15) is 0 Å². The van der Waals surface area contributed by atoms with Crippen LogP contribution in [0.3, 0.4) is 0 Å². The first-order chi connectivity index (χ1) is 8.71. The molecule has 1 aliphatic heterocycles. The van der Waals surface area contributed by atoms with Gasteiger partial charge in [-0.3, -0.25) is 9.69 Å². The molecule has 1 atom stereocenters. The molecule has 1 unspecified atom stereocenters. The third-order valence-corrected chi connectivity index (χ3v) is 3.41. The molecule has 0 spiro atoms. The second-order valence-electron chi connectivity index (χ2n) is 4.63. The summed E-state index contributed by atoms with van der Waals surface area (Å²) in [5.74, 6) is 0.128. The first-order valence-electron chi connectivity index (χ1n) is 6.84. The van der Waals surface area contributed by atoms with Crippen molar-refractivity contribution in [3.05, 3.63) is 0 Å². The number of nitrogens with zero attached hydrogens (tertiary/aromatic N) is 3. The molecule has 1 N–H and O–H groups in total. The van der Waals surface area contributed by atoms with Crippen LogP contribution in [0.15, 0.2) is 0 Å². The first kappa shape index (κ1) is 14.9. The summed E-state index contributed by atoms with van der Waals surface area (Å²) in [5, 5.41) is 11.8. The molecule has 1 amide bonds. The summed E-state index contributed by atoms with van der Waals surface area (Å²) < 4.78 is 0. The second kappa shape index (κ2) is 8.06. The van der Waals surface area contributed by atoms with E-state index in [1.165, 1.54) is 0 Å². The molecule has 5 nitrogen and oxygen atoms in total. The number of piperazine rings is 1. The minimum absolute atomic E-state index is 0.0514. The lowest BCUT2D eigenvalue weighted by Crippen LogP contribution is -2.50. The molecule has 5 heteroatoms. The molecule has 0 aromatic rings. The van der Waals surface area contributed by atoms with E-state index in [4.69, 9.17) is 5.26 Å². The molecular weight excluding hydrogens is 228 g/mol. The van der Waals surface area contributed by atoms with Crippen molar-refractivity contribution in [3.8, 4) is 6.07 Å². The van der Waals surface area contributed by atoms with Crippen LogP contribution in [-0.2, 0) is 4.79 Å². The third-order valence-electron chi connectivity index (χ3n) is 3.41. The van der Waals surface area contributed by atoms with Crippen LogP contribution in [0.4, 0.5) is 0 Å². The molecule has 1 rings (SSSR count). The lowest BCUT2D eigenvalue weighted by molar-refractivity contribution is -0.121. The fourth-order valence-electron chi connectivity index (χ4n) is 2.27. The second-order valence-corrected chi connectivity index (χ2v) is 4.63. The summed E-state index contributed by atoms with van der Waals surface area (Å²) in [7, 11) is 0. The minimum atomic E-state index is 0.0514. The van der Waals surface area contributed by atoms with E-state index in [-0.39, 0.29) is 11.9 Å². The molecule has 0 aromatic carbocycles. The van der Waals surface area contributed by atoms with Crippen LogP contribution >= 0.6 is 0 Å². The van der Waals surface area contributed by atoms with Gasteiger partial charge in [-0.05, 0) is 13.3 Å². The van der Waals surface area contributed by atoms with E-state index in [1.807, 2.05) is 6.92 Å². The fraction of sp³-hybridized carbons (Fsp3) is 0.846. The number of amides is 1. The average Bonchev–Trinajstić information content (AvgIpc) is 2.39. The summed E-state index contributed by atoms with van der Waals surface area (Å²) in [4.78, 5) is 15.9. The Kier molecular flexibility index (Phi) is 6.69. The largest absolute Gasteiger partial charge is 0.356 e. The van der Waals surface area contributed by atoms with E-state index in [9.17, 15) is 4.79 Å². The molecule has 1 fully saturated rings. The van der Waals surface area contributed by atoms with Crippen LogP contribution < -0.4 is 5.32 Å². The number of rotatable bonds is 6. The maximum atomic E-state index is 11.4. The van der Waals surface area contributed by atoms with Gasteiger partial charge in [0.05, 0.1) is 12.1 Å². The van der Waals surface area contributed by atoms with Gasteiger partial charge in [0.15, 0.2) is 0 Å². The predicted molar refractivity (Wildman–Crippen MR) is 71.0 cm³/mol. The van der Waals surface area contributed by atoms with E-state index in [2.05, 4.69) is 28.1 Å². The molecule has 0 aliphatic carbocycles. The highest BCUT2D eigenvalue weighted by atomic mass is 16.1. The van der Waals surface area contributed by atoms with E-state index in [0.29, 0.717) is 13.0 Å². The summed E-state index contributed by atoms with van der Waals surface area (Å²) in [6.45, 7) is 9.28. The van der Waals surface area contributed by atoms with Crippen LogP contribution in [0.1, 0.15) is 26.7 Å². The molecule has 1 aliphatic rings. The van der Waals surface area contributed by atoms with Crippen molar-refractivity contribution in [2.24, 2.45) is 0 Å². The van der Waals surface area contributed by atoms with Crippen molar-refractivity contribution in [1.29, 1.82) is 5.26 Å². The fourth-order valence-corrected chi connectivity index (χ4v) is 2.27. The molecule has 0 bridgehead atoms. The van der Waals surface area contributed by atoms with Crippen molar-refractivity contribution in [3.63, 3.8) is 0 Å². The molecule has 18 heavy (non-hydrogen) atoms. The lowest BCUT2D eigenvalue weighted by Gasteiger charge is -2.36. The number of carbonyl (C=O) groups excluding carboxylic acids is 1. The van der Waals surface area contributed by atoms with Gasteiger partial charge in [0, 0.05) is 45.7 Å². The number of hydrogen-bond acceptors (Lipinski definition) is 4. The highest BCUT2D eigenvalue weighted by Gasteiger charge is 2.22. The summed E-state index contributed by atoms with van der Waals surface area (Å²) in [6.07, 6.45) is 1.46. The van der Waals surface area contributed by atoms with Gasteiger partial charge in [0.25, 0.3) is 0 Å². The number of nitrogens with one attached hydrogen (secondary N) is 1. The van der Waals surface area contributed by atoms with Crippen molar-refractivity contribution in [1.82, 2.24) is 15.1 Å². The maximum Gasteiger partial charge on any atom is 0.221 e. The zero-order valence-corrected chi connectivity index (χ0v) is 11.5. The van der Waals surface area contributed by atoms with Gasteiger partial charge in [-0.2, -0.15) is 5.26 Å². The first-order valence-corrected chi connectivity index (χ1v) is 6.84. The van der Waals surface area contributed by atoms with Crippen LogP contribution in [-0.4, -0.2) is 61.0 Å². The summed E-state index contributed by atoms with van der Waals surface area (Å²) in [6, 6.07) is 2.40. The SMILES string of the molecule is CCNC(=O)CCN1CCN(C(C#N)CC)CC1. The number of hydrogen-bond donors (Lipinski definition) is 1. The van der Waals surface area contributed by atoms with E-state index in [1.54, 1.807) is 0 Å². The molecular formula is C13H24N4O. The monoisotopic (exact) mass is 252 g/mol. The smallest absolute Gasteiger partial charge is 0.221 e. The maximum absolute atomic E-state index is 11.4. The van der Waals surface area contributed by atoms with Crippen molar-refractivity contribution >= 4 is 5.91 Å². The average molecular weight is 252 g/mol. The molecule has 0 radical (unpaired) electrons. The molecule has 0 aromatic heterocycles. The molecule has 102 valence electrons. The summed E-state index contributed by atoms with van der Waals surface area (Å²) >= 11 is 0. The Bertz CT molecular complexity index is 292. The van der Waals surface area contributed by atoms with Gasteiger partial charge < -0.3 is 10.2 Å². The molecule has 0 saturated carbocycles. The van der Waals surface area contributed by atoms with Gasteiger partial charge in [-0.25, -0.2) is 0 Å². The van der Waals surface area contributed by atoms with Gasteiger partial charge in [-0.1, -0.05) is 6.92 Å². The van der Waals surface area contributed by atoms with E-state index in [0.717, 1.165) is 39.1 Å². The van der Waals surface area contributed by atoms with E-state index < -0.39 is 0 Å². The molecule has 1 heterocycles. The standard InChI is InChI=1S/C13H24N4O/c1-3-12(11-14)17-9-7-16(8-10-17)6-5-13(18)15-4-2/h12H,3-10H2,1-2H3,(H,15,18). The van der Waals surface area contributed by atoms with Crippen LogP contribution in [0.5, 0.6) is 0 Å². The Hall–Kier alpha value is -1.12. The van der Waals surface area contributed by atoms with Crippen LogP contribution in [0.2, 0.25) is 0 Å². The minimum Gasteiger partial charge on any atom is -0.356 e. The third kappa shape index (κ3) is 4.63. The normalized spacial score (nSPS) is 19.2. The van der Waals surface area contributed by atoms with Crippen molar-refractivity contribution < 1.29 is 4.79 Å². The Labute approximate surface area is 110 Å². The summed E-state index contributed by atoms with van der Waals surface area (Å²) in [5.41, 5.74) is 0. The van der Waals surface area contributed by atoms with Crippen molar-refractivity contribution in [2.75, 3.05) is 39.3 Å². The van der Waals surface area contributed by atoms with Gasteiger partial charge >= 0.3 is 0 Å². The van der Waals surface area contributed by atoms with Crippen LogP contribution in [0.25, 0.3) is 0 Å². The topological polar surface area (TPSA) is 59.4 Å². The Balaban J connectivity index is 2.23. The quantitative estimate of drug-likeness (QED) is 0.745. The predicted octanol–water partition coefficient (Wildman–Crippen LogP) is 0.432. The lowest BCUT2D eigenvalue weighted by atomic mass is 10.2. The zero-order valence-electron chi connectivity index (χ0n) is 11.5. The number of carbonyl (C=O) groups is 1. The Morgan fingerprint density at radius 2 is 2.00 bits per heavy atom. The Morgan fingerprint density at radius 1 is 1.33 bits per heavy atom. The van der Waals surface area contributed by atoms with Gasteiger partial charge in [0.2, 0.25) is 5.91 Å². The van der Waals surface area contributed by atoms with Gasteiger partial charge in [-0.15, -0.1) is 0 Å². The zero-order chi connectivity index (χ0) is 13.4. The van der Waals surface area contributed by atoms with E-state index >= 15 is 0 Å². The molecule has 1 saturated heterocycles. The van der Waals surface area contributed by atoms with Crippen LogP contribution in [0, 0.1) is 11.3 Å². The van der Waals surface area contributed by atoms with Crippen molar-refractivity contribution in [2.45, 2.75) is 32.7 Å². The highest BCUT2D eigenvalue weighted by molar-refractivity contribution is 5.75.